The summed E-state index contributed by atoms with van der Waals surface area (Å²) in [6, 6.07) is 5.55. The number of hydrogen-bond donors (Lipinski definition) is 1. The summed E-state index contributed by atoms with van der Waals surface area (Å²) in [6.07, 6.45) is 2.39. The van der Waals surface area contributed by atoms with Crippen molar-refractivity contribution in [3.8, 4) is 5.75 Å². The molecule has 0 saturated carbocycles. The lowest BCUT2D eigenvalue weighted by Crippen LogP contribution is -2.42. The van der Waals surface area contributed by atoms with E-state index >= 15 is 0 Å². The summed E-state index contributed by atoms with van der Waals surface area (Å²) >= 11 is 1.58. The molecule has 1 atom stereocenters. The van der Waals surface area contributed by atoms with Gasteiger partial charge in [-0.05, 0) is 43.0 Å². The first-order chi connectivity index (χ1) is 11.4. The van der Waals surface area contributed by atoms with E-state index in [9.17, 15) is 14.4 Å². The Hall–Kier alpha value is -2.28. The Kier molecular flexibility index (Phi) is 6.03. The van der Waals surface area contributed by atoms with E-state index in [2.05, 4.69) is 5.32 Å². The molecule has 0 spiro atoms. The van der Waals surface area contributed by atoms with E-state index in [1.807, 2.05) is 6.26 Å². The Balaban J connectivity index is 2.21. The minimum atomic E-state index is -0.713. The standard InChI is InChI=1S/C17H19NO5S/c1-10-8-16(20)23-15-9-12(4-5-13(10)15)22-17(21)14(6-7-24-3)18-11(2)19/h4-5,8-9,14H,6-7H2,1-3H3,(H,18,19). The summed E-state index contributed by atoms with van der Waals surface area (Å²) < 4.78 is 10.5. The molecule has 0 bridgehead atoms. The number of aryl methyl sites for hydroxylation is 1. The number of carbonyl (C=O) groups is 2. The van der Waals surface area contributed by atoms with Gasteiger partial charge in [0, 0.05) is 24.4 Å². The predicted octanol–water partition coefficient (Wildman–Crippen LogP) is 2.26. The van der Waals surface area contributed by atoms with Crippen molar-refractivity contribution < 1.29 is 18.7 Å². The molecular weight excluding hydrogens is 330 g/mol. The SMILES string of the molecule is CSCCC(NC(C)=O)C(=O)Oc1ccc2c(C)cc(=O)oc2c1. The second-order valence-corrected chi connectivity index (χ2v) is 6.35. The fourth-order valence-electron chi connectivity index (χ4n) is 2.29. The van der Waals surface area contributed by atoms with Gasteiger partial charge in [0.25, 0.3) is 0 Å². The van der Waals surface area contributed by atoms with Crippen LogP contribution in [0, 0.1) is 6.92 Å². The zero-order valence-electron chi connectivity index (χ0n) is 13.8. The Morgan fingerprint density at radius 2 is 2.08 bits per heavy atom. The van der Waals surface area contributed by atoms with Crippen molar-refractivity contribution in [2.24, 2.45) is 0 Å². The van der Waals surface area contributed by atoms with E-state index in [1.54, 1.807) is 30.8 Å². The van der Waals surface area contributed by atoms with Crippen LogP contribution in [0.1, 0.15) is 18.9 Å². The lowest BCUT2D eigenvalue weighted by Gasteiger charge is -2.16. The monoisotopic (exact) mass is 349 g/mol. The lowest BCUT2D eigenvalue weighted by atomic mass is 10.1. The predicted molar refractivity (Wildman–Crippen MR) is 93.5 cm³/mol. The van der Waals surface area contributed by atoms with Crippen LogP contribution in [0.15, 0.2) is 33.5 Å². The highest BCUT2D eigenvalue weighted by molar-refractivity contribution is 7.98. The fourth-order valence-corrected chi connectivity index (χ4v) is 2.76. The molecule has 0 aliphatic rings. The van der Waals surface area contributed by atoms with Gasteiger partial charge in [0.2, 0.25) is 5.91 Å². The Morgan fingerprint density at radius 1 is 1.33 bits per heavy atom. The van der Waals surface area contributed by atoms with Crippen LogP contribution in [0.5, 0.6) is 5.75 Å². The molecule has 128 valence electrons. The van der Waals surface area contributed by atoms with Crippen molar-refractivity contribution in [2.45, 2.75) is 26.3 Å². The molecule has 0 radical (unpaired) electrons. The molecule has 6 nitrogen and oxygen atoms in total. The van der Waals surface area contributed by atoms with Crippen LogP contribution >= 0.6 is 11.8 Å². The van der Waals surface area contributed by atoms with Crippen LogP contribution in [0.2, 0.25) is 0 Å². The van der Waals surface area contributed by atoms with Gasteiger partial charge in [-0.15, -0.1) is 0 Å². The zero-order chi connectivity index (χ0) is 17.7. The maximum absolute atomic E-state index is 12.3. The normalized spacial score (nSPS) is 12.0. The summed E-state index contributed by atoms with van der Waals surface area (Å²) in [5.41, 5.74) is 0.681. The minimum Gasteiger partial charge on any atom is -0.425 e. The van der Waals surface area contributed by atoms with Crippen LogP contribution in [-0.2, 0) is 9.59 Å². The summed E-state index contributed by atoms with van der Waals surface area (Å²) in [5.74, 6) is 0.138. The third-order valence-corrected chi connectivity index (χ3v) is 4.06. The van der Waals surface area contributed by atoms with Gasteiger partial charge in [-0.1, -0.05) is 0 Å². The maximum atomic E-state index is 12.3. The van der Waals surface area contributed by atoms with Crippen molar-refractivity contribution in [3.05, 3.63) is 40.2 Å². The summed E-state index contributed by atoms with van der Waals surface area (Å²) in [5, 5.41) is 3.36. The minimum absolute atomic E-state index is 0.265. The summed E-state index contributed by atoms with van der Waals surface area (Å²) in [6.45, 7) is 3.16. The van der Waals surface area contributed by atoms with Gasteiger partial charge in [0.15, 0.2) is 0 Å². The van der Waals surface area contributed by atoms with E-state index in [0.29, 0.717) is 17.8 Å². The number of benzene rings is 1. The first-order valence-electron chi connectivity index (χ1n) is 7.43. The Labute approximate surface area is 143 Å². The largest absolute Gasteiger partial charge is 0.425 e. The number of amides is 1. The van der Waals surface area contributed by atoms with Gasteiger partial charge >= 0.3 is 11.6 Å². The highest BCUT2D eigenvalue weighted by Gasteiger charge is 2.21. The smallest absolute Gasteiger partial charge is 0.336 e. The van der Waals surface area contributed by atoms with E-state index in [1.165, 1.54) is 19.1 Å². The zero-order valence-corrected chi connectivity index (χ0v) is 14.6. The van der Waals surface area contributed by atoms with Crippen molar-refractivity contribution in [3.63, 3.8) is 0 Å². The van der Waals surface area contributed by atoms with Gasteiger partial charge in [0.1, 0.15) is 17.4 Å². The molecule has 1 aromatic heterocycles. The number of hydrogen-bond acceptors (Lipinski definition) is 6. The number of rotatable bonds is 6. The number of thioether (sulfide) groups is 1. The van der Waals surface area contributed by atoms with Crippen LogP contribution < -0.4 is 15.7 Å². The number of esters is 1. The molecule has 0 fully saturated rings. The van der Waals surface area contributed by atoms with E-state index in [4.69, 9.17) is 9.15 Å². The van der Waals surface area contributed by atoms with Crippen molar-refractivity contribution >= 4 is 34.6 Å². The molecule has 1 amide bonds. The van der Waals surface area contributed by atoms with Crippen LogP contribution in [0.3, 0.4) is 0 Å². The van der Waals surface area contributed by atoms with Gasteiger partial charge < -0.3 is 14.5 Å². The lowest BCUT2D eigenvalue weighted by molar-refractivity contribution is -0.139. The molecule has 1 aromatic carbocycles. The van der Waals surface area contributed by atoms with Gasteiger partial charge in [0.05, 0.1) is 0 Å². The summed E-state index contributed by atoms with van der Waals surface area (Å²) in [7, 11) is 0. The quantitative estimate of drug-likeness (QED) is 0.489. The highest BCUT2D eigenvalue weighted by atomic mass is 32.2. The first kappa shape index (κ1) is 18.1. The Bertz CT molecular complexity index is 814. The third-order valence-electron chi connectivity index (χ3n) is 3.41. The molecule has 7 heteroatoms. The van der Waals surface area contributed by atoms with E-state index in [-0.39, 0.29) is 11.7 Å². The van der Waals surface area contributed by atoms with Gasteiger partial charge in [-0.3, -0.25) is 4.79 Å². The molecule has 1 N–H and O–H groups in total. The van der Waals surface area contributed by atoms with Crippen LogP contribution in [0.25, 0.3) is 11.0 Å². The fraction of sp³-hybridized carbons (Fsp3) is 0.353. The second-order valence-electron chi connectivity index (χ2n) is 5.36. The number of ether oxygens (including phenoxy) is 1. The molecule has 0 aliphatic carbocycles. The Morgan fingerprint density at radius 3 is 2.75 bits per heavy atom. The highest BCUT2D eigenvalue weighted by Crippen LogP contribution is 2.22. The van der Waals surface area contributed by atoms with Crippen molar-refractivity contribution in [1.82, 2.24) is 5.32 Å². The van der Waals surface area contributed by atoms with Crippen molar-refractivity contribution in [2.75, 3.05) is 12.0 Å². The second kappa shape index (κ2) is 8.01. The van der Waals surface area contributed by atoms with Crippen LogP contribution in [-0.4, -0.2) is 29.9 Å². The summed E-state index contributed by atoms with van der Waals surface area (Å²) in [4.78, 5) is 35.0. The molecule has 1 unspecified atom stereocenters. The van der Waals surface area contributed by atoms with Crippen molar-refractivity contribution in [1.29, 1.82) is 0 Å². The number of fused-ring (bicyclic) bond motifs is 1. The number of nitrogens with one attached hydrogen (secondary N) is 1. The first-order valence-corrected chi connectivity index (χ1v) is 8.82. The van der Waals surface area contributed by atoms with Crippen LogP contribution in [0.4, 0.5) is 0 Å². The maximum Gasteiger partial charge on any atom is 0.336 e. The van der Waals surface area contributed by atoms with E-state index < -0.39 is 17.6 Å². The van der Waals surface area contributed by atoms with Gasteiger partial charge in [-0.2, -0.15) is 11.8 Å². The molecule has 1 heterocycles. The molecular formula is C17H19NO5S. The topological polar surface area (TPSA) is 85.6 Å². The van der Waals surface area contributed by atoms with Gasteiger partial charge in [-0.25, -0.2) is 9.59 Å². The molecule has 2 rings (SSSR count). The average Bonchev–Trinajstić information content (AvgIpc) is 2.50. The average molecular weight is 349 g/mol. The molecule has 0 aliphatic heterocycles. The van der Waals surface area contributed by atoms with E-state index in [0.717, 1.165) is 10.9 Å². The third kappa shape index (κ3) is 4.61. The molecule has 0 saturated heterocycles. The molecule has 24 heavy (non-hydrogen) atoms. The number of carbonyl (C=O) groups excluding carboxylic acids is 2. The molecule has 2 aromatic rings.